The molecule has 0 saturated heterocycles. The Balaban J connectivity index is 1.85. The molecule has 0 fully saturated rings. The highest BCUT2D eigenvalue weighted by Gasteiger charge is 2.09. The molecule has 0 aliphatic rings. The second-order valence-corrected chi connectivity index (χ2v) is 5.09. The monoisotopic (exact) mass is 333 g/mol. The number of ether oxygens (including phenoxy) is 1. The van der Waals surface area contributed by atoms with E-state index in [2.05, 4.69) is 15.5 Å². The fraction of sp³-hybridized carbons (Fsp3) is 0.167. The summed E-state index contributed by atoms with van der Waals surface area (Å²) in [7, 11) is 0. The van der Waals surface area contributed by atoms with Crippen molar-refractivity contribution in [2.75, 3.05) is 6.61 Å². The summed E-state index contributed by atoms with van der Waals surface area (Å²) in [5.41, 5.74) is 0.867. The molecule has 0 spiro atoms. The smallest absolute Gasteiger partial charge is 0.258 e. The van der Waals surface area contributed by atoms with Crippen molar-refractivity contribution in [3.8, 4) is 5.75 Å². The molecule has 0 unspecified atom stereocenters. The Morgan fingerprint density at radius 1 is 1.25 bits per heavy atom. The molecule has 0 atom stereocenters. The van der Waals surface area contributed by atoms with E-state index in [-0.39, 0.29) is 12.5 Å². The molecule has 20 heavy (non-hydrogen) atoms. The Labute approximate surface area is 130 Å². The highest BCUT2D eigenvalue weighted by atomic mass is 35.5. The summed E-state index contributed by atoms with van der Waals surface area (Å²) < 4.78 is 5.29. The number of benzene rings is 1. The molecular formula is C12H10Cl3N3O2. The molecular weight excluding hydrogens is 325 g/mol. The van der Waals surface area contributed by atoms with Crippen LogP contribution >= 0.6 is 34.8 Å². The van der Waals surface area contributed by atoms with Gasteiger partial charge in [0.25, 0.3) is 5.91 Å². The second kappa shape index (κ2) is 6.83. The van der Waals surface area contributed by atoms with Gasteiger partial charge in [-0.15, -0.1) is 0 Å². The van der Waals surface area contributed by atoms with Crippen molar-refractivity contribution in [3.05, 3.63) is 45.2 Å². The zero-order chi connectivity index (χ0) is 14.5. The van der Waals surface area contributed by atoms with E-state index >= 15 is 0 Å². The van der Waals surface area contributed by atoms with Gasteiger partial charge in [-0.25, -0.2) is 0 Å². The van der Waals surface area contributed by atoms with Crippen LogP contribution in [0.1, 0.15) is 5.56 Å². The molecule has 1 amide bonds. The van der Waals surface area contributed by atoms with Crippen LogP contribution in [0, 0.1) is 0 Å². The van der Waals surface area contributed by atoms with Gasteiger partial charge < -0.3 is 10.1 Å². The van der Waals surface area contributed by atoms with E-state index in [9.17, 15) is 4.79 Å². The largest absolute Gasteiger partial charge is 0.482 e. The molecule has 2 aromatic rings. The standard InChI is InChI=1S/C12H10Cl3N3O2/c13-8-1-10(15)11(2-9(8)14)20-6-12(19)16-3-7-4-17-18-5-7/h1-2,4-5H,3,6H2,(H,16,19)(H,17,18). The SMILES string of the molecule is O=C(COc1cc(Cl)c(Cl)cc1Cl)NCc1cn[nH]c1. The molecule has 2 N–H and O–H groups in total. The van der Waals surface area contributed by atoms with E-state index < -0.39 is 0 Å². The van der Waals surface area contributed by atoms with Crippen molar-refractivity contribution in [2.24, 2.45) is 0 Å². The Bertz CT molecular complexity index is 602. The van der Waals surface area contributed by atoms with Gasteiger partial charge in [0.2, 0.25) is 0 Å². The molecule has 0 saturated carbocycles. The van der Waals surface area contributed by atoms with Gasteiger partial charge in [-0.3, -0.25) is 9.89 Å². The van der Waals surface area contributed by atoms with Crippen LogP contribution in [0.5, 0.6) is 5.75 Å². The number of carbonyl (C=O) groups is 1. The molecule has 0 radical (unpaired) electrons. The van der Waals surface area contributed by atoms with Gasteiger partial charge in [0.15, 0.2) is 6.61 Å². The number of hydrogen-bond acceptors (Lipinski definition) is 3. The van der Waals surface area contributed by atoms with Crippen molar-refractivity contribution in [3.63, 3.8) is 0 Å². The zero-order valence-corrected chi connectivity index (χ0v) is 12.4. The number of nitrogens with zero attached hydrogens (tertiary/aromatic N) is 1. The summed E-state index contributed by atoms with van der Waals surface area (Å²) in [5.74, 6) is 0.0212. The summed E-state index contributed by atoms with van der Waals surface area (Å²) in [6.07, 6.45) is 3.31. The lowest BCUT2D eigenvalue weighted by Gasteiger charge is -2.09. The van der Waals surface area contributed by atoms with E-state index in [1.54, 1.807) is 12.4 Å². The van der Waals surface area contributed by atoms with Crippen molar-refractivity contribution < 1.29 is 9.53 Å². The zero-order valence-electron chi connectivity index (χ0n) is 10.1. The fourth-order valence-electron chi connectivity index (χ4n) is 1.38. The van der Waals surface area contributed by atoms with Crippen LogP contribution in [0.25, 0.3) is 0 Å². The average Bonchev–Trinajstić information content (AvgIpc) is 2.92. The third-order valence-electron chi connectivity index (χ3n) is 2.38. The van der Waals surface area contributed by atoms with Crippen LogP contribution in [0.3, 0.4) is 0 Å². The summed E-state index contributed by atoms with van der Waals surface area (Å²) >= 11 is 17.6. The predicted molar refractivity (Wildman–Crippen MR) is 77.4 cm³/mol. The van der Waals surface area contributed by atoms with Crippen LogP contribution in [0.4, 0.5) is 0 Å². The Hall–Kier alpha value is -1.43. The lowest BCUT2D eigenvalue weighted by molar-refractivity contribution is -0.123. The Morgan fingerprint density at radius 3 is 2.70 bits per heavy atom. The Kier molecular flexibility index (Phi) is 5.11. The van der Waals surface area contributed by atoms with Crippen LogP contribution in [0.2, 0.25) is 15.1 Å². The number of aromatic amines is 1. The van der Waals surface area contributed by atoms with Gasteiger partial charge in [0.05, 0.1) is 21.3 Å². The number of amides is 1. The first kappa shape index (κ1) is 15.0. The highest BCUT2D eigenvalue weighted by molar-refractivity contribution is 6.43. The van der Waals surface area contributed by atoms with Gasteiger partial charge in [-0.1, -0.05) is 34.8 Å². The van der Waals surface area contributed by atoms with E-state index in [0.29, 0.717) is 27.4 Å². The van der Waals surface area contributed by atoms with Crippen LogP contribution in [-0.2, 0) is 11.3 Å². The lowest BCUT2D eigenvalue weighted by atomic mass is 10.3. The Morgan fingerprint density at radius 2 is 2.00 bits per heavy atom. The summed E-state index contributed by atoms with van der Waals surface area (Å²) in [5, 5.41) is 10.0. The maximum absolute atomic E-state index is 11.6. The molecule has 1 aromatic heterocycles. The summed E-state index contributed by atoms with van der Waals surface area (Å²) in [6.45, 7) is 0.198. The first-order valence-electron chi connectivity index (χ1n) is 5.58. The number of carbonyl (C=O) groups excluding carboxylic acids is 1. The van der Waals surface area contributed by atoms with E-state index in [1.807, 2.05) is 0 Å². The van der Waals surface area contributed by atoms with Gasteiger partial charge in [0, 0.05) is 24.4 Å². The summed E-state index contributed by atoms with van der Waals surface area (Å²) in [4.78, 5) is 11.6. The van der Waals surface area contributed by atoms with Crippen molar-refractivity contribution >= 4 is 40.7 Å². The number of H-pyrrole nitrogens is 1. The molecule has 106 valence electrons. The number of aromatic nitrogens is 2. The van der Waals surface area contributed by atoms with E-state index in [0.717, 1.165) is 5.56 Å². The fourth-order valence-corrected chi connectivity index (χ4v) is 1.98. The number of nitrogens with one attached hydrogen (secondary N) is 2. The van der Waals surface area contributed by atoms with Crippen molar-refractivity contribution in [1.29, 1.82) is 0 Å². The first-order chi connectivity index (χ1) is 9.56. The quantitative estimate of drug-likeness (QED) is 0.826. The minimum Gasteiger partial charge on any atom is -0.482 e. The molecule has 1 aromatic carbocycles. The first-order valence-corrected chi connectivity index (χ1v) is 6.71. The van der Waals surface area contributed by atoms with Crippen molar-refractivity contribution in [1.82, 2.24) is 15.5 Å². The summed E-state index contributed by atoms with van der Waals surface area (Å²) in [6, 6.07) is 2.93. The van der Waals surface area contributed by atoms with Gasteiger partial charge >= 0.3 is 0 Å². The molecule has 0 aliphatic carbocycles. The van der Waals surface area contributed by atoms with Crippen LogP contribution in [0.15, 0.2) is 24.5 Å². The number of rotatable bonds is 5. The maximum Gasteiger partial charge on any atom is 0.258 e. The minimum atomic E-state index is -0.284. The number of hydrogen-bond donors (Lipinski definition) is 2. The second-order valence-electron chi connectivity index (χ2n) is 3.87. The normalized spacial score (nSPS) is 10.3. The molecule has 0 aliphatic heterocycles. The van der Waals surface area contributed by atoms with Gasteiger partial charge in [-0.2, -0.15) is 5.10 Å². The van der Waals surface area contributed by atoms with E-state index in [4.69, 9.17) is 39.5 Å². The molecule has 0 bridgehead atoms. The minimum absolute atomic E-state index is 0.171. The molecule has 8 heteroatoms. The van der Waals surface area contributed by atoms with Gasteiger partial charge in [-0.05, 0) is 6.07 Å². The maximum atomic E-state index is 11.6. The van der Waals surface area contributed by atoms with Crippen molar-refractivity contribution in [2.45, 2.75) is 6.54 Å². The molecule has 5 nitrogen and oxygen atoms in total. The van der Waals surface area contributed by atoms with Crippen LogP contribution in [-0.4, -0.2) is 22.7 Å². The van der Waals surface area contributed by atoms with Gasteiger partial charge in [0.1, 0.15) is 5.75 Å². The average molecular weight is 335 g/mol. The molecule has 2 rings (SSSR count). The highest BCUT2D eigenvalue weighted by Crippen LogP contribution is 2.33. The molecule has 1 heterocycles. The predicted octanol–water partition coefficient (Wildman–Crippen LogP) is 3.07. The number of halogens is 3. The third kappa shape index (κ3) is 4.03. The topological polar surface area (TPSA) is 67.0 Å². The van der Waals surface area contributed by atoms with E-state index in [1.165, 1.54) is 12.1 Å². The third-order valence-corrected chi connectivity index (χ3v) is 3.40. The van der Waals surface area contributed by atoms with Crippen LogP contribution < -0.4 is 10.1 Å². The lowest BCUT2D eigenvalue weighted by Crippen LogP contribution is -2.28.